The monoisotopic (exact) mass is 483 g/mol. The molecule has 0 unspecified atom stereocenters. The molecule has 2 N–H and O–H groups in total. The van der Waals surface area contributed by atoms with Crippen molar-refractivity contribution in [2.45, 2.75) is 64.1 Å². The highest BCUT2D eigenvalue weighted by Crippen LogP contribution is 2.29. The van der Waals surface area contributed by atoms with Crippen LogP contribution >= 0.6 is 0 Å². The Morgan fingerprint density at radius 3 is 2.50 bits per heavy atom. The van der Waals surface area contributed by atoms with E-state index < -0.39 is 6.04 Å². The molecule has 36 heavy (non-hydrogen) atoms. The van der Waals surface area contributed by atoms with Crippen LogP contribution in [0.4, 0.5) is 0 Å². The van der Waals surface area contributed by atoms with Crippen molar-refractivity contribution in [3.63, 3.8) is 0 Å². The van der Waals surface area contributed by atoms with Gasteiger partial charge in [0.15, 0.2) is 6.04 Å². The van der Waals surface area contributed by atoms with Crippen molar-refractivity contribution in [1.29, 1.82) is 0 Å². The summed E-state index contributed by atoms with van der Waals surface area (Å²) in [7, 11) is 0. The standard InChI is InChI=1S/C30H33N3O3/c1-21-16-17-27(36-21)29(30(35)32-24-12-6-3-7-13-24)33(20-22-10-4-2-5-11-22)28(34)18-23-19-31-26-15-9-8-14-25(23)26/h2,4-5,8-11,14-17,19,24,29,31H,3,6-7,12-13,18,20H2,1H3,(H,32,35)/t29-/m1/s1. The first-order valence-electron chi connectivity index (χ1n) is 12.8. The molecule has 2 heterocycles. The second-order valence-electron chi connectivity index (χ2n) is 9.74. The molecule has 0 radical (unpaired) electrons. The SMILES string of the molecule is Cc1ccc([C@H](C(=O)NC2CCCCC2)N(Cc2ccccc2)C(=O)Cc2c[nH]c3ccccc23)o1. The van der Waals surface area contributed by atoms with E-state index in [4.69, 9.17) is 4.42 Å². The number of furan rings is 1. The second-order valence-corrected chi connectivity index (χ2v) is 9.74. The Hall–Kier alpha value is -3.80. The molecule has 0 saturated heterocycles. The summed E-state index contributed by atoms with van der Waals surface area (Å²) in [6.07, 6.45) is 7.44. The number of nitrogens with one attached hydrogen (secondary N) is 2. The van der Waals surface area contributed by atoms with E-state index >= 15 is 0 Å². The van der Waals surface area contributed by atoms with Crippen molar-refractivity contribution in [1.82, 2.24) is 15.2 Å². The maximum absolute atomic E-state index is 14.0. The molecule has 1 aliphatic carbocycles. The Labute approximate surface area is 211 Å². The van der Waals surface area contributed by atoms with Crippen LogP contribution in [0.25, 0.3) is 10.9 Å². The van der Waals surface area contributed by atoms with Gasteiger partial charge in [-0.2, -0.15) is 0 Å². The lowest BCUT2D eigenvalue weighted by atomic mass is 9.95. The van der Waals surface area contributed by atoms with E-state index in [1.54, 1.807) is 4.90 Å². The quantitative estimate of drug-likeness (QED) is 0.331. The van der Waals surface area contributed by atoms with Crippen LogP contribution in [0, 0.1) is 6.92 Å². The number of hydrogen-bond acceptors (Lipinski definition) is 3. The molecule has 5 rings (SSSR count). The molecule has 2 aromatic carbocycles. The van der Waals surface area contributed by atoms with Crippen LogP contribution in [0.15, 0.2) is 77.3 Å². The van der Waals surface area contributed by atoms with Gasteiger partial charge in [-0.25, -0.2) is 0 Å². The van der Waals surface area contributed by atoms with Gasteiger partial charge < -0.3 is 19.6 Å². The molecular weight excluding hydrogens is 450 g/mol. The van der Waals surface area contributed by atoms with Crippen LogP contribution < -0.4 is 5.32 Å². The Kier molecular flexibility index (Phi) is 7.21. The maximum Gasteiger partial charge on any atom is 0.250 e. The van der Waals surface area contributed by atoms with E-state index in [1.807, 2.05) is 79.9 Å². The summed E-state index contributed by atoms with van der Waals surface area (Å²) >= 11 is 0. The van der Waals surface area contributed by atoms with Gasteiger partial charge >= 0.3 is 0 Å². The van der Waals surface area contributed by atoms with Crippen LogP contribution in [-0.2, 0) is 22.6 Å². The molecule has 0 spiro atoms. The third-order valence-electron chi connectivity index (χ3n) is 7.07. The zero-order chi connectivity index (χ0) is 24.9. The number of carbonyl (C=O) groups is 2. The van der Waals surface area contributed by atoms with E-state index in [0.717, 1.165) is 47.7 Å². The second kappa shape index (κ2) is 10.9. The predicted molar refractivity (Wildman–Crippen MR) is 140 cm³/mol. The van der Waals surface area contributed by atoms with E-state index in [-0.39, 0.29) is 24.3 Å². The van der Waals surface area contributed by atoms with Crippen molar-refractivity contribution in [3.05, 3.63) is 95.6 Å². The molecule has 0 aliphatic heterocycles. The molecule has 0 bridgehead atoms. The van der Waals surface area contributed by atoms with Gasteiger partial charge in [0.2, 0.25) is 5.91 Å². The van der Waals surface area contributed by atoms with Crippen LogP contribution in [0.2, 0.25) is 0 Å². The van der Waals surface area contributed by atoms with Crippen molar-refractivity contribution in [3.8, 4) is 0 Å². The van der Waals surface area contributed by atoms with Gasteiger partial charge in [0, 0.05) is 29.7 Å². The van der Waals surface area contributed by atoms with Crippen LogP contribution in [0.1, 0.15) is 60.8 Å². The number of para-hydroxylation sites is 1. The number of aromatic amines is 1. The summed E-state index contributed by atoms with van der Waals surface area (Å²) in [6.45, 7) is 2.17. The number of H-pyrrole nitrogens is 1. The molecule has 4 aromatic rings. The first-order chi connectivity index (χ1) is 17.6. The summed E-state index contributed by atoms with van der Waals surface area (Å²) in [5, 5.41) is 4.25. The molecule has 1 atom stereocenters. The highest BCUT2D eigenvalue weighted by Gasteiger charge is 2.35. The molecule has 6 heteroatoms. The highest BCUT2D eigenvalue weighted by molar-refractivity contribution is 5.92. The molecule has 6 nitrogen and oxygen atoms in total. The lowest BCUT2D eigenvalue weighted by Gasteiger charge is -2.32. The summed E-state index contributed by atoms with van der Waals surface area (Å²) in [6, 6.07) is 20.7. The fourth-order valence-corrected chi connectivity index (χ4v) is 5.20. The number of rotatable bonds is 8. The first-order valence-corrected chi connectivity index (χ1v) is 12.8. The number of aryl methyl sites for hydroxylation is 1. The average molecular weight is 484 g/mol. The third-order valence-corrected chi connectivity index (χ3v) is 7.07. The van der Waals surface area contributed by atoms with Crippen molar-refractivity contribution in [2.24, 2.45) is 0 Å². The minimum absolute atomic E-state index is 0.124. The van der Waals surface area contributed by atoms with Gasteiger partial charge in [-0.3, -0.25) is 9.59 Å². The summed E-state index contributed by atoms with van der Waals surface area (Å²) < 4.78 is 5.97. The highest BCUT2D eigenvalue weighted by atomic mass is 16.3. The lowest BCUT2D eigenvalue weighted by molar-refractivity contribution is -0.142. The molecule has 2 aromatic heterocycles. The molecule has 186 valence electrons. The largest absolute Gasteiger partial charge is 0.464 e. The van der Waals surface area contributed by atoms with Gasteiger partial charge in [-0.15, -0.1) is 0 Å². The maximum atomic E-state index is 14.0. The number of carbonyl (C=O) groups excluding carboxylic acids is 2. The number of benzene rings is 2. The molecule has 2 amide bonds. The first kappa shape index (κ1) is 23.9. The number of aromatic nitrogens is 1. The smallest absolute Gasteiger partial charge is 0.250 e. The fourth-order valence-electron chi connectivity index (χ4n) is 5.20. The average Bonchev–Trinajstić information content (AvgIpc) is 3.51. The van der Waals surface area contributed by atoms with E-state index in [1.165, 1.54) is 6.42 Å². The minimum Gasteiger partial charge on any atom is -0.464 e. The van der Waals surface area contributed by atoms with Gasteiger partial charge in [0.25, 0.3) is 5.91 Å². The fraction of sp³-hybridized carbons (Fsp3) is 0.333. The van der Waals surface area contributed by atoms with Gasteiger partial charge in [0.05, 0.1) is 6.42 Å². The summed E-state index contributed by atoms with van der Waals surface area (Å²) in [5.41, 5.74) is 2.86. The van der Waals surface area contributed by atoms with Crippen molar-refractivity contribution < 1.29 is 14.0 Å². The third kappa shape index (κ3) is 5.38. The zero-order valence-electron chi connectivity index (χ0n) is 20.7. The molecule has 1 aliphatic rings. The van der Waals surface area contributed by atoms with Crippen molar-refractivity contribution >= 4 is 22.7 Å². The van der Waals surface area contributed by atoms with E-state index in [9.17, 15) is 9.59 Å². The van der Waals surface area contributed by atoms with Crippen LogP contribution in [-0.4, -0.2) is 27.7 Å². The summed E-state index contributed by atoms with van der Waals surface area (Å²) in [5.74, 6) is 0.897. The Morgan fingerprint density at radius 2 is 1.75 bits per heavy atom. The van der Waals surface area contributed by atoms with Gasteiger partial charge in [0.1, 0.15) is 11.5 Å². The molecule has 1 saturated carbocycles. The van der Waals surface area contributed by atoms with Crippen LogP contribution in [0.5, 0.6) is 0 Å². The van der Waals surface area contributed by atoms with Gasteiger partial charge in [-0.1, -0.05) is 67.8 Å². The van der Waals surface area contributed by atoms with E-state index in [2.05, 4.69) is 10.3 Å². The molecular formula is C30H33N3O3. The number of fused-ring (bicyclic) bond motifs is 1. The molecule has 1 fully saturated rings. The van der Waals surface area contributed by atoms with E-state index in [0.29, 0.717) is 18.1 Å². The number of amides is 2. The van der Waals surface area contributed by atoms with Crippen LogP contribution in [0.3, 0.4) is 0 Å². The number of hydrogen-bond donors (Lipinski definition) is 2. The zero-order valence-corrected chi connectivity index (χ0v) is 20.7. The Bertz CT molecular complexity index is 1320. The number of nitrogens with zero attached hydrogens (tertiary/aromatic N) is 1. The lowest BCUT2D eigenvalue weighted by Crippen LogP contribution is -2.47. The van der Waals surface area contributed by atoms with Crippen molar-refractivity contribution in [2.75, 3.05) is 0 Å². The minimum atomic E-state index is -0.849. The predicted octanol–water partition coefficient (Wildman–Crippen LogP) is 5.83. The van der Waals surface area contributed by atoms with Gasteiger partial charge in [-0.05, 0) is 49.1 Å². The Balaban J connectivity index is 1.49. The topological polar surface area (TPSA) is 78.3 Å². The Morgan fingerprint density at radius 1 is 1.00 bits per heavy atom. The normalized spacial score (nSPS) is 15.0. The summed E-state index contributed by atoms with van der Waals surface area (Å²) in [4.78, 5) is 32.7.